The van der Waals surface area contributed by atoms with Gasteiger partial charge in [-0.25, -0.2) is 0 Å². The first-order valence-corrected chi connectivity index (χ1v) is 7.66. The third-order valence-corrected chi connectivity index (χ3v) is 4.66. The summed E-state index contributed by atoms with van der Waals surface area (Å²) in [6.07, 6.45) is 4.58. The largest absolute Gasteiger partial charge is 0.377 e. The average molecular weight is 373 g/mol. The molecule has 2 unspecified atom stereocenters. The number of nitro groups is 1. The monoisotopic (exact) mass is 373 g/mol. The second kappa shape index (κ2) is 5.24. The van der Waals surface area contributed by atoms with Crippen LogP contribution in [0.15, 0.2) is 18.2 Å². The van der Waals surface area contributed by atoms with Gasteiger partial charge in [-0.3, -0.25) is 10.1 Å². The molecule has 1 aromatic rings. The zero-order chi connectivity index (χ0) is 13.4. The predicted molar refractivity (Wildman–Crippen MR) is 82.4 cm³/mol. The first-order valence-electron chi connectivity index (χ1n) is 6.58. The molecule has 102 valence electrons. The molecule has 2 aliphatic heterocycles. The lowest BCUT2D eigenvalue weighted by Crippen LogP contribution is -2.43. The first kappa shape index (κ1) is 13.1. The van der Waals surface area contributed by atoms with Crippen molar-refractivity contribution in [2.75, 3.05) is 5.32 Å². The predicted octanol–water partition coefficient (Wildman–Crippen LogP) is 2.89. The second-order valence-corrected chi connectivity index (χ2v) is 6.61. The number of hydrogen-bond acceptors (Lipinski definition) is 4. The van der Waals surface area contributed by atoms with Gasteiger partial charge in [0.15, 0.2) is 0 Å². The molecular formula is C13H16IN3O2. The number of nitrogens with one attached hydrogen (secondary N) is 2. The molecule has 0 saturated carbocycles. The summed E-state index contributed by atoms with van der Waals surface area (Å²) in [5, 5.41) is 18.1. The molecule has 5 nitrogen and oxygen atoms in total. The highest BCUT2D eigenvalue weighted by atomic mass is 127. The highest BCUT2D eigenvalue weighted by Crippen LogP contribution is 2.32. The summed E-state index contributed by atoms with van der Waals surface area (Å²) in [6.45, 7) is 0. The maximum atomic E-state index is 11.1. The average Bonchev–Trinajstić information content (AvgIpc) is 2.71. The Labute approximate surface area is 125 Å². The van der Waals surface area contributed by atoms with Crippen LogP contribution in [0.1, 0.15) is 25.7 Å². The van der Waals surface area contributed by atoms with E-state index in [4.69, 9.17) is 0 Å². The van der Waals surface area contributed by atoms with Gasteiger partial charge < -0.3 is 10.6 Å². The molecule has 0 spiro atoms. The minimum atomic E-state index is -0.305. The summed E-state index contributed by atoms with van der Waals surface area (Å²) in [7, 11) is 0. The summed E-state index contributed by atoms with van der Waals surface area (Å²) < 4.78 is 0.889. The van der Waals surface area contributed by atoms with E-state index in [0.717, 1.165) is 16.4 Å². The van der Waals surface area contributed by atoms with E-state index < -0.39 is 0 Å². The summed E-state index contributed by atoms with van der Waals surface area (Å²) in [5.74, 6) is 0. The van der Waals surface area contributed by atoms with Gasteiger partial charge in [-0.15, -0.1) is 0 Å². The number of fused-ring (bicyclic) bond motifs is 2. The van der Waals surface area contributed by atoms with Gasteiger partial charge in [-0.1, -0.05) is 0 Å². The molecule has 19 heavy (non-hydrogen) atoms. The maximum absolute atomic E-state index is 11.1. The molecule has 2 N–H and O–H groups in total. The maximum Gasteiger partial charge on any atom is 0.293 e. The van der Waals surface area contributed by atoms with Crippen LogP contribution in [0, 0.1) is 13.7 Å². The van der Waals surface area contributed by atoms with Crippen LogP contribution in [0.3, 0.4) is 0 Å². The molecule has 2 atom stereocenters. The van der Waals surface area contributed by atoms with Gasteiger partial charge in [-0.2, -0.15) is 0 Å². The van der Waals surface area contributed by atoms with Gasteiger partial charge in [0.05, 0.1) is 4.92 Å². The van der Waals surface area contributed by atoms with Gasteiger partial charge in [-0.05, 0) is 60.4 Å². The molecule has 0 aliphatic carbocycles. The lowest BCUT2D eigenvalue weighted by molar-refractivity contribution is -0.384. The molecule has 2 heterocycles. The standard InChI is InChI=1S/C13H16IN3O2/c14-8-1-4-12(13(5-8)17(18)19)16-11-6-9-2-3-10(7-11)15-9/h1,4-5,9-11,15-16H,2-3,6-7H2. The van der Waals surface area contributed by atoms with Crippen LogP contribution in [-0.4, -0.2) is 23.0 Å². The summed E-state index contributed by atoms with van der Waals surface area (Å²) in [5.41, 5.74) is 0.828. The Kier molecular flexibility index (Phi) is 3.62. The van der Waals surface area contributed by atoms with E-state index in [9.17, 15) is 10.1 Å². The second-order valence-electron chi connectivity index (χ2n) is 5.37. The zero-order valence-corrected chi connectivity index (χ0v) is 12.6. The zero-order valence-electron chi connectivity index (χ0n) is 10.4. The molecule has 0 amide bonds. The Balaban J connectivity index is 1.78. The number of halogens is 1. The summed E-state index contributed by atoms with van der Waals surface area (Å²) in [6, 6.07) is 6.87. The van der Waals surface area contributed by atoms with Gasteiger partial charge in [0.25, 0.3) is 5.69 Å². The minimum absolute atomic E-state index is 0.178. The third kappa shape index (κ3) is 2.84. The molecule has 0 aromatic heterocycles. The van der Waals surface area contributed by atoms with Crippen molar-refractivity contribution < 1.29 is 4.92 Å². The minimum Gasteiger partial charge on any atom is -0.377 e. The Hall–Kier alpha value is -0.890. The highest BCUT2D eigenvalue weighted by molar-refractivity contribution is 14.1. The van der Waals surface area contributed by atoms with E-state index in [0.29, 0.717) is 23.8 Å². The number of anilines is 1. The fourth-order valence-corrected chi connectivity index (χ4v) is 3.65. The quantitative estimate of drug-likeness (QED) is 0.486. The van der Waals surface area contributed by atoms with Crippen molar-refractivity contribution in [3.05, 3.63) is 31.9 Å². The Morgan fingerprint density at radius 3 is 2.63 bits per heavy atom. The topological polar surface area (TPSA) is 67.2 Å². The third-order valence-electron chi connectivity index (χ3n) is 3.99. The molecule has 2 saturated heterocycles. The lowest BCUT2D eigenvalue weighted by atomic mass is 9.99. The summed E-state index contributed by atoms with van der Waals surface area (Å²) in [4.78, 5) is 10.8. The van der Waals surface area contributed by atoms with Crippen LogP contribution in [0.4, 0.5) is 11.4 Å². The molecule has 3 rings (SSSR count). The van der Waals surface area contributed by atoms with Crippen LogP contribution in [0.5, 0.6) is 0 Å². The van der Waals surface area contributed by atoms with Crippen LogP contribution in [-0.2, 0) is 0 Å². The van der Waals surface area contributed by atoms with Crippen LogP contribution in [0.2, 0.25) is 0 Å². The fourth-order valence-electron chi connectivity index (χ4n) is 3.17. The van der Waals surface area contributed by atoms with Crippen molar-refractivity contribution in [2.45, 2.75) is 43.8 Å². The van der Waals surface area contributed by atoms with Crippen molar-refractivity contribution >= 4 is 34.0 Å². The molecule has 2 aliphatic rings. The highest BCUT2D eigenvalue weighted by Gasteiger charge is 2.34. The van der Waals surface area contributed by atoms with Crippen LogP contribution >= 0.6 is 22.6 Å². The van der Waals surface area contributed by atoms with E-state index in [1.165, 1.54) is 12.8 Å². The number of benzene rings is 1. The van der Waals surface area contributed by atoms with E-state index in [-0.39, 0.29) is 10.6 Å². The molecule has 6 heteroatoms. The van der Waals surface area contributed by atoms with Crippen molar-refractivity contribution in [2.24, 2.45) is 0 Å². The van der Waals surface area contributed by atoms with Gasteiger partial charge >= 0.3 is 0 Å². The van der Waals surface area contributed by atoms with Crippen molar-refractivity contribution in [3.8, 4) is 0 Å². The summed E-state index contributed by atoms with van der Waals surface area (Å²) >= 11 is 2.10. The van der Waals surface area contributed by atoms with Crippen molar-refractivity contribution in [3.63, 3.8) is 0 Å². The van der Waals surface area contributed by atoms with E-state index in [1.54, 1.807) is 6.07 Å². The van der Waals surface area contributed by atoms with Crippen molar-refractivity contribution in [1.82, 2.24) is 5.32 Å². The van der Waals surface area contributed by atoms with E-state index in [2.05, 4.69) is 33.2 Å². The molecule has 1 aromatic carbocycles. The van der Waals surface area contributed by atoms with E-state index >= 15 is 0 Å². The number of piperidine rings is 1. The number of nitro benzene ring substituents is 1. The van der Waals surface area contributed by atoms with Crippen LogP contribution < -0.4 is 10.6 Å². The van der Waals surface area contributed by atoms with Crippen LogP contribution in [0.25, 0.3) is 0 Å². The normalized spacial score (nSPS) is 29.2. The smallest absolute Gasteiger partial charge is 0.293 e. The van der Waals surface area contributed by atoms with Gasteiger partial charge in [0, 0.05) is 27.8 Å². The Morgan fingerprint density at radius 2 is 2.00 bits per heavy atom. The molecule has 2 bridgehead atoms. The van der Waals surface area contributed by atoms with Gasteiger partial charge in [0.2, 0.25) is 0 Å². The Bertz CT molecular complexity index is 497. The van der Waals surface area contributed by atoms with E-state index in [1.807, 2.05) is 12.1 Å². The van der Waals surface area contributed by atoms with Gasteiger partial charge in [0.1, 0.15) is 5.69 Å². The Morgan fingerprint density at radius 1 is 1.32 bits per heavy atom. The molecule has 2 fully saturated rings. The SMILES string of the molecule is O=[N+]([O-])c1cc(I)ccc1NC1CC2CCC(C1)N2. The number of hydrogen-bond donors (Lipinski definition) is 2. The number of nitrogens with zero attached hydrogens (tertiary/aromatic N) is 1. The molecule has 0 radical (unpaired) electrons. The van der Waals surface area contributed by atoms with Crippen molar-refractivity contribution in [1.29, 1.82) is 0 Å². The first-order chi connectivity index (χ1) is 9.11. The molecular weight excluding hydrogens is 357 g/mol. The lowest BCUT2D eigenvalue weighted by Gasteiger charge is -2.30. The number of rotatable bonds is 3. The fraction of sp³-hybridized carbons (Fsp3) is 0.538.